The molecule has 7 rings (SSSR count). The molecule has 2 aromatic carbocycles. The summed E-state index contributed by atoms with van der Waals surface area (Å²) in [5.74, 6) is 0.383. The van der Waals surface area contributed by atoms with Gasteiger partial charge in [-0.25, -0.2) is 4.79 Å². The average molecular weight is 471 g/mol. The molecule has 1 spiro atoms. The number of hydrogen-bond acceptors (Lipinski definition) is 2. The van der Waals surface area contributed by atoms with Gasteiger partial charge in [-0.15, -0.1) is 0 Å². The Bertz CT molecular complexity index is 1120. The van der Waals surface area contributed by atoms with E-state index in [-0.39, 0.29) is 17.5 Å². The van der Waals surface area contributed by atoms with Crippen molar-refractivity contribution in [2.75, 3.05) is 19.6 Å². The molecule has 34 heavy (non-hydrogen) atoms. The number of hydrogen-bond donors (Lipinski definition) is 1. The Balaban J connectivity index is 1.43. The molecule has 1 amide bonds. The van der Waals surface area contributed by atoms with Gasteiger partial charge >= 0.3 is 12.3 Å². The number of halogens is 3. The molecular weight excluding hydrogens is 441 g/mol. The molecule has 2 atom stereocenters. The second-order valence-electron chi connectivity index (χ2n) is 10.7. The van der Waals surface area contributed by atoms with Gasteiger partial charge in [0.1, 0.15) is 0 Å². The minimum absolute atomic E-state index is 0.0226. The third-order valence-electron chi connectivity index (χ3n) is 8.81. The summed E-state index contributed by atoms with van der Waals surface area (Å²) in [5, 5.41) is 10.5. The summed E-state index contributed by atoms with van der Waals surface area (Å²) >= 11 is 0. The van der Waals surface area contributed by atoms with Crippen molar-refractivity contribution in [1.82, 2.24) is 9.80 Å². The van der Waals surface area contributed by atoms with Crippen molar-refractivity contribution in [2.24, 2.45) is 11.3 Å². The van der Waals surface area contributed by atoms with Gasteiger partial charge in [0.15, 0.2) is 0 Å². The standard InChI is InChI=1S/C27H29F3N2O2/c28-27(29,30)21-3-1-2-19(14-21)20-5-4-17-6-9-26(10-11-26)24(22(17)15-20)32(25(33)34)23-16-31-12-7-18(23)8-13-31/h1-5,14-15,18,23-24H,6-13,16H2,(H,33,34)/t23?,24-/m1/s1. The highest BCUT2D eigenvalue weighted by molar-refractivity contribution is 5.70. The lowest BCUT2D eigenvalue weighted by atomic mass is 9.73. The van der Waals surface area contributed by atoms with E-state index in [2.05, 4.69) is 4.90 Å². The van der Waals surface area contributed by atoms with Crippen molar-refractivity contribution >= 4 is 6.09 Å². The molecule has 4 fully saturated rings. The summed E-state index contributed by atoms with van der Waals surface area (Å²) < 4.78 is 40.0. The predicted octanol–water partition coefficient (Wildman–Crippen LogP) is 6.21. The summed E-state index contributed by atoms with van der Waals surface area (Å²) in [4.78, 5) is 16.9. The number of amides is 1. The Hall–Kier alpha value is -2.54. The Kier molecular flexibility index (Phi) is 5.00. The second kappa shape index (κ2) is 7.74. The first-order valence-electron chi connectivity index (χ1n) is 12.3. The number of nitrogens with zero attached hydrogens (tertiary/aromatic N) is 2. The van der Waals surface area contributed by atoms with Crippen molar-refractivity contribution in [1.29, 1.82) is 0 Å². The lowest BCUT2D eigenvalue weighted by Gasteiger charge is -2.52. The van der Waals surface area contributed by atoms with E-state index in [1.807, 2.05) is 18.2 Å². The van der Waals surface area contributed by atoms with Crippen molar-refractivity contribution in [2.45, 2.75) is 56.8 Å². The van der Waals surface area contributed by atoms with Gasteiger partial charge in [-0.3, -0.25) is 4.90 Å². The van der Waals surface area contributed by atoms with E-state index in [1.165, 1.54) is 12.1 Å². The first-order chi connectivity index (χ1) is 16.2. The predicted molar refractivity (Wildman–Crippen MR) is 122 cm³/mol. The normalized spacial score (nSPS) is 29.0. The molecule has 3 saturated heterocycles. The number of carbonyl (C=O) groups is 1. The molecule has 1 N–H and O–H groups in total. The van der Waals surface area contributed by atoms with Gasteiger partial charge in [-0.05, 0) is 103 Å². The third kappa shape index (κ3) is 3.60. The zero-order chi connectivity index (χ0) is 23.7. The maximum atomic E-state index is 13.3. The zero-order valence-corrected chi connectivity index (χ0v) is 19.0. The molecule has 4 nitrogen and oxygen atoms in total. The third-order valence-corrected chi connectivity index (χ3v) is 8.81. The number of carboxylic acid groups (broad SMARTS) is 1. The van der Waals surface area contributed by atoms with Crippen molar-refractivity contribution in [3.05, 3.63) is 59.2 Å². The molecule has 2 aliphatic carbocycles. The van der Waals surface area contributed by atoms with Gasteiger partial charge in [0, 0.05) is 6.54 Å². The molecule has 1 saturated carbocycles. The van der Waals surface area contributed by atoms with E-state index in [0.29, 0.717) is 17.0 Å². The minimum atomic E-state index is -4.40. The Morgan fingerprint density at radius 1 is 1.03 bits per heavy atom. The fourth-order valence-corrected chi connectivity index (χ4v) is 6.80. The first-order valence-corrected chi connectivity index (χ1v) is 12.3. The summed E-state index contributed by atoms with van der Waals surface area (Å²) in [5.41, 5.74) is 2.65. The summed E-state index contributed by atoms with van der Waals surface area (Å²) in [6, 6.07) is 11.0. The highest BCUT2D eigenvalue weighted by Crippen LogP contribution is 2.64. The van der Waals surface area contributed by atoms with E-state index in [0.717, 1.165) is 75.4 Å². The number of piperidine rings is 3. The van der Waals surface area contributed by atoms with Crippen LogP contribution in [0.4, 0.5) is 18.0 Å². The largest absolute Gasteiger partial charge is 0.465 e. The van der Waals surface area contributed by atoms with Crippen LogP contribution in [0, 0.1) is 11.3 Å². The summed E-state index contributed by atoms with van der Waals surface area (Å²) in [6.45, 7) is 2.87. The van der Waals surface area contributed by atoms with Crippen LogP contribution in [0.25, 0.3) is 11.1 Å². The van der Waals surface area contributed by atoms with E-state index >= 15 is 0 Å². The fourth-order valence-electron chi connectivity index (χ4n) is 6.80. The Morgan fingerprint density at radius 2 is 1.76 bits per heavy atom. The molecule has 5 aliphatic rings. The first kappa shape index (κ1) is 22.0. The Morgan fingerprint density at radius 3 is 2.38 bits per heavy atom. The van der Waals surface area contributed by atoms with E-state index in [4.69, 9.17) is 0 Å². The average Bonchev–Trinajstić information content (AvgIpc) is 3.61. The number of fused-ring (bicyclic) bond motifs is 4. The molecule has 2 bridgehead atoms. The lowest BCUT2D eigenvalue weighted by molar-refractivity contribution is -0.137. The molecule has 2 aromatic rings. The topological polar surface area (TPSA) is 43.8 Å². The lowest BCUT2D eigenvalue weighted by Crippen LogP contribution is -2.60. The van der Waals surface area contributed by atoms with Crippen LogP contribution in [0.3, 0.4) is 0 Å². The molecule has 7 heteroatoms. The number of aryl methyl sites for hydroxylation is 1. The van der Waals surface area contributed by atoms with Crippen LogP contribution < -0.4 is 0 Å². The minimum Gasteiger partial charge on any atom is -0.465 e. The van der Waals surface area contributed by atoms with Crippen molar-refractivity contribution < 1.29 is 23.1 Å². The highest BCUT2D eigenvalue weighted by Gasteiger charge is 2.57. The molecule has 3 heterocycles. The maximum Gasteiger partial charge on any atom is 0.416 e. The summed E-state index contributed by atoms with van der Waals surface area (Å²) in [6.07, 6.45) is 0.677. The van der Waals surface area contributed by atoms with Crippen LogP contribution in [0.1, 0.15) is 54.8 Å². The van der Waals surface area contributed by atoms with Crippen LogP contribution in [0.15, 0.2) is 42.5 Å². The van der Waals surface area contributed by atoms with E-state index < -0.39 is 17.8 Å². The Labute approximate surface area is 197 Å². The molecular formula is C27H29F3N2O2. The van der Waals surface area contributed by atoms with Crippen LogP contribution >= 0.6 is 0 Å². The van der Waals surface area contributed by atoms with Crippen LogP contribution in [0.2, 0.25) is 0 Å². The quantitative estimate of drug-likeness (QED) is 0.580. The van der Waals surface area contributed by atoms with Gasteiger partial charge in [0.2, 0.25) is 0 Å². The fraction of sp³-hybridized carbons (Fsp3) is 0.519. The molecule has 0 aromatic heterocycles. The monoisotopic (exact) mass is 470 g/mol. The van der Waals surface area contributed by atoms with Crippen molar-refractivity contribution in [3.8, 4) is 11.1 Å². The van der Waals surface area contributed by atoms with E-state index in [9.17, 15) is 23.1 Å². The van der Waals surface area contributed by atoms with E-state index in [1.54, 1.807) is 11.0 Å². The second-order valence-corrected chi connectivity index (χ2v) is 10.7. The SMILES string of the molecule is O=C(O)N(C1CN2CCC1CC2)[C@@H]1c2cc(-c3cccc(C(F)(F)F)c3)ccc2CCC12CC2. The molecule has 1 unspecified atom stereocenters. The molecule has 180 valence electrons. The van der Waals surface area contributed by atoms with Gasteiger partial charge < -0.3 is 10.0 Å². The van der Waals surface area contributed by atoms with Crippen LogP contribution in [0.5, 0.6) is 0 Å². The highest BCUT2D eigenvalue weighted by atomic mass is 19.4. The van der Waals surface area contributed by atoms with Gasteiger partial charge in [0.05, 0.1) is 17.6 Å². The van der Waals surface area contributed by atoms with Gasteiger partial charge in [-0.2, -0.15) is 13.2 Å². The van der Waals surface area contributed by atoms with Gasteiger partial charge in [0.25, 0.3) is 0 Å². The summed E-state index contributed by atoms with van der Waals surface area (Å²) in [7, 11) is 0. The van der Waals surface area contributed by atoms with Crippen LogP contribution in [-0.2, 0) is 12.6 Å². The molecule has 0 radical (unpaired) electrons. The molecule has 3 aliphatic heterocycles. The number of alkyl halides is 3. The maximum absolute atomic E-state index is 13.3. The zero-order valence-electron chi connectivity index (χ0n) is 19.0. The number of rotatable bonds is 3. The van der Waals surface area contributed by atoms with Crippen LogP contribution in [-0.4, -0.2) is 46.7 Å². The smallest absolute Gasteiger partial charge is 0.416 e. The van der Waals surface area contributed by atoms with Gasteiger partial charge in [-0.1, -0.05) is 24.3 Å². The number of benzene rings is 2. The van der Waals surface area contributed by atoms with Crippen molar-refractivity contribution in [3.63, 3.8) is 0 Å².